The van der Waals surface area contributed by atoms with Crippen LogP contribution in [-0.4, -0.2) is 22.6 Å². The Morgan fingerprint density at radius 1 is 1.40 bits per heavy atom. The van der Waals surface area contributed by atoms with Gasteiger partial charge < -0.3 is 9.84 Å². The lowest BCUT2D eigenvalue weighted by molar-refractivity contribution is -0.218. The Balaban J connectivity index is 2.52. The van der Waals surface area contributed by atoms with Gasteiger partial charge in [-0.15, -0.1) is 0 Å². The van der Waals surface area contributed by atoms with Crippen molar-refractivity contribution in [2.24, 2.45) is 11.3 Å². The van der Waals surface area contributed by atoms with Crippen LogP contribution in [0.5, 0.6) is 0 Å². The van der Waals surface area contributed by atoms with Gasteiger partial charge in [0.1, 0.15) is 0 Å². The maximum Gasteiger partial charge on any atom is 0.311 e. The lowest BCUT2D eigenvalue weighted by Gasteiger charge is -2.40. The third-order valence-electron chi connectivity index (χ3n) is 4.13. The van der Waals surface area contributed by atoms with Gasteiger partial charge in [-0.3, -0.25) is 9.59 Å². The summed E-state index contributed by atoms with van der Waals surface area (Å²) < 4.78 is 5.00. The van der Waals surface area contributed by atoms with Gasteiger partial charge in [-0.1, -0.05) is 46.0 Å². The zero-order chi connectivity index (χ0) is 15.2. The van der Waals surface area contributed by atoms with Gasteiger partial charge in [0.2, 0.25) is 11.5 Å². The van der Waals surface area contributed by atoms with Gasteiger partial charge in [0.25, 0.3) is 0 Å². The Morgan fingerprint density at radius 2 is 2.05 bits per heavy atom. The van der Waals surface area contributed by atoms with Gasteiger partial charge in [0.05, 0.1) is 5.92 Å². The summed E-state index contributed by atoms with van der Waals surface area (Å²) in [5.41, 5.74) is -0.475. The van der Waals surface area contributed by atoms with Gasteiger partial charge in [0.15, 0.2) is 0 Å². The second kappa shape index (κ2) is 7.99. The van der Waals surface area contributed by atoms with Crippen molar-refractivity contribution >= 4 is 22.8 Å². The predicted molar refractivity (Wildman–Crippen MR) is 77.2 cm³/mol. The van der Waals surface area contributed by atoms with E-state index in [0.29, 0.717) is 6.42 Å². The van der Waals surface area contributed by atoms with Crippen LogP contribution in [0.4, 0.5) is 0 Å². The number of carbonyl (C=O) groups is 2. The number of aliphatic hydroxyl groups excluding tert-OH is 1. The minimum atomic E-state index is -1.08. The fourth-order valence-corrected chi connectivity index (χ4v) is 2.99. The van der Waals surface area contributed by atoms with Crippen molar-refractivity contribution in [3.05, 3.63) is 0 Å². The number of carbonyl (C=O) groups excluding carboxylic acids is 2. The number of cyclic esters (lactones) is 1. The van der Waals surface area contributed by atoms with E-state index in [-0.39, 0.29) is 6.42 Å². The lowest BCUT2D eigenvalue weighted by Crippen LogP contribution is -2.45. The molecule has 4 nitrogen and oxygen atoms in total. The van der Waals surface area contributed by atoms with E-state index in [1.165, 1.54) is 19.3 Å². The molecular weight excluding hydrogens is 280 g/mol. The molecule has 0 aliphatic carbocycles. The van der Waals surface area contributed by atoms with E-state index in [1.807, 2.05) is 6.92 Å². The molecule has 1 heterocycles. The highest BCUT2D eigenvalue weighted by molar-refractivity contribution is 6.63. The van der Waals surface area contributed by atoms with Crippen LogP contribution in [0.25, 0.3) is 0 Å². The summed E-state index contributed by atoms with van der Waals surface area (Å²) in [6, 6.07) is 0. The molecule has 1 N–H and O–H groups in total. The molecule has 116 valence electrons. The average molecular weight is 305 g/mol. The van der Waals surface area contributed by atoms with Crippen LogP contribution in [0.1, 0.15) is 65.2 Å². The number of esters is 1. The quantitative estimate of drug-likeness (QED) is 0.424. The monoisotopic (exact) mass is 304 g/mol. The van der Waals surface area contributed by atoms with Crippen molar-refractivity contribution in [1.82, 2.24) is 0 Å². The number of ether oxygens (including phenoxy) is 1. The van der Waals surface area contributed by atoms with Crippen LogP contribution in [0.3, 0.4) is 0 Å². The molecule has 0 aromatic rings. The number of hydrogen-bond acceptors (Lipinski definition) is 4. The molecule has 0 aromatic carbocycles. The summed E-state index contributed by atoms with van der Waals surface area (Å²) in [4.78, 5) is 22.6. The normalized spacial score (nSPS) is 30.1. The van der Waals surface area contributed by atoms with Crippen LogP contribution >= 0.6 is 11.6 Å². The fraction of sp³-hybridized carbons (Fsp3) is 0.867. The molecule has 0 saturated carbocycles. The first-order valence-electron chi connectivity index (χ1n) is 7.46. The third-order valence-corrected chi connectivity index (χ3v) is 4.28. The minimum absolute atomic E-state index is 0.0153. The zero-order valence-electron chi connectivity index (χ0n) is 12.4. The van der Waals surface area contributed by atoms with Crippen LogP contribution in [0, 0.1) is 11.3 Å². The summed E-state index contributed by atoms with van der Waals surface area (Å²) >= 11 is 5.36. The van der Waals surface area contributed by atoms with Gasteiger partial charge in [-0.05, 0) is 24.4 Å². The van der Waals surface area contributed by atoms with Gasteiger partial charge in [-0.25, -0.2) is 0 Å². The number of halogens is 1. The number of rotatable bonds is 8. The molecule has 1 aliphatic heterocycles. The summed E-state index contributed by atoms with van der Waals surface area (Å²) in [5.74, 6) is -1.04. The zero-order valence-corrected chi connectivity index (χ0v) is 13.1. The summed E-state index contributed by atoms with van der Waals surface area (Å²) in [6.45, 7) is 4.08. The van der Waals surface area contributed by atoms with Crippen molar-refractivity contribution in [2.75, 3.05) is 0 Å². The summed E-state index contributed by atoms with van der Waals surface area (Å²) in [6.07, 6.45) is 5.86. The van der Waals surface area contributed by atoms with Crippen molar-refractivity contribution in [1.29, 1.82) is 0 Å². The smallest absolute Gasteiger partial charge is 0.311 e. The van der Waals surface area contributed by atoms with Crippen molar-refractivity contribution in [3.8, 4) is 0 Å². The molecule has 1 rings (SSSR count). The molecule has 1 saturated heterocycles. The molecule has 3 atom stereocenters. The van der Waals surface area contributed by atoms with Crippen LogP contribution in [0.2, 0.25) is 0 Å². The van der Waals surface area contributed by atoms with Crippen LogP contribution < -0.4 is 0 Å². The Bertz CT molecular complexity index is 345. The van der Waals surface area contributed by atoms with E-state index in [9.17, 15) is 14.7 Å². The predicted octanol–water partition coefficient (Wildman–Crippen LogP) is 3.39. The highest BCUT2D eigenvalue weighted by Gasteiger charge is 2.45. The number of hydrogen-bond donors (Lipinski definition) is 1. The van der Waals surface area contributed by atoms with E-state index < -0.39 is 28.8 Å². The van der Waals surface area contributed by atoms with E-state index in [0.717, 1.165) is 19.3 Å². The molecule has 0 bridgehead atoms. The van der Waals surface area contributed by atoms with E-state index in [2.05, 4.69) is 6.92 Å². The van der Waals surface area contributed by atoms with Gasteiger partial charge in [-0.2, -0.15) is 0 Å². The summed E-state index contributed by atoms with van der Waals surface area (Å²) in [7, 11) is 0. The van der Waals surface area contributed by atoms with E-state index >= 15 is 0 Å². The average Bonchev–Trinajstić information content (AvgIpc) is 2.35. The maximum absolute atomic E-state index is 11.7. The first-order valence-corrected chi connectivity index (χ1v) is 7.83. The van der Waals surface area contributed by atoms with Gasteiger partial charge >= 0.3 is 5.97 Å². The number of aliphatic hydroxyl groups is 1. The molecule has 0 aromatic heterocycles. The minimum Gasteiger partial charge on any atom is -0.435 e. The van der Waals surface area contributed by atoms with Crippen molar-refractivity contribution in [3.63, 3.8) is 0 Å². The van der Waals surface area contributed by atoms with Crippen LogP contribution in [0.15, 0.2) is 0 Å². The molecule has 1 aliphatic rings. The van der Waals surface area contributed by atoms with E-state index in [4.69, 9.17) is 16.3 Å². The molecule has 1 fully saturated rings. The molecular formula is C15H25ClO4. The molecule has 3 unspecified atom stereocenters. The number of unbranched alkanes of at least 4 members (excludes halogenated alkanes) is 4. The highest BCUT2D eigenvalue weighted by atomic mass is 35.5. The third kappa shape index (κ3) is 5.06. The second-order valence-corrected chi connectivity index (χ2v) is 6.49. The van der Waals surface area contributed by atoms with Crippen molar-refractivity contribution < 1.29 is 19.4 Å². The highest BCUT2D eigenvalue weighted by Crippen LogP contribution is 2.41. The Morgan fingerprint density at radius 3 is 2.65 bits per heavy atom. The van der Waals surface area contributed by atoms with Gasteiger partial charge in [0, 0.05) is 11.8 Å². The molecule has 0 spiro atoms. The molecule has 0 amide bonds. The molecule has 5 heteroatoms. The van der Waals surface area contributed by atoms with Crippen molar-refractivity contribution in [2.45, 2.75) is 71.5 Å². The van der Waals surface area contributed by atoms with E-state index in [1.54, 1.807) is 0 Å². The Kier molecular flexibility index (Phi) is 6.96. The standard InChI is InChI=1S/C15H25ClO4/c1-3-4-5-6-7-8-15(2)10-11(9-12(16)17)13(18)20-14(15)19/h11,14,19H,3-10H2,1-2H3. The SMILES string of the molecule is CCCCCCCC1(C)CC(CC(=O)Cl)C(=O)OC1O. The largest absolute Gasteiger partial charge is 0.435 e. The second-order valence-electron chi connectivity index (χ2n) is 6.07. The van der Waals surface area contributed by atoms with Crippen LogP contribution in [-0.2, 0) is 14.3 Å². The first-order chi connectivity index (χ1) is 9.39. The summed E-state index contributed by atoms with van der Waals surface area (Å²) in [5, 5.41) is 9.46. The fourth-order valence-electron chi connectivity index (χ4n) is 2.80. The molecule has 0 radical (unpaired) electrons. The molecule has 20 heavy (non-hydrogen) atoms. The topological polar surface area (TPSA) is 63.6 Å². The Labute approximate surface area is 125 Å². The first kappa shape index (κ1) is 17.4. The maximum atomic E-state index is 11.7. The Hall–Kier alpha value is -0.610. The lowest BCUT2D eigenvalue weighted by atomic mass is 9.74.